The van der Waals surface area contributed by atoms with E-state index in [1.165, 1.54) is 6.07 Å². The number of ether oxygens (including phenoxy) is 1. The van der Waals surface area contributed by atoms with Gasteiger partial charge in [0, 0.05) is 23.4 Å². The fourth-order valence-corrected chi connectivity index (χ4v) is 3.62. The molecule has 0 atom stereocenters. The Morgan fingerprint density at radius 2 is 1.88 bits per heavy atom. The fourth-order valence-electron chi connectivity index (χ4n) is 3.62. The summed E-state index contributed by atoms with van der Waals surface area (Å²) in [5, 5.41) is 0.739. The zero-order valence-electron chi connectivity index (χ0n) is 14.4. The van der Waals surface area contributed by atoms with Crippen LogP contribution in [-0.4, -0.2) is 15.6 Å². The second-order valence-corrected chi connectivity index (χ2v) is 7.07. The van der Waals surface area contributed by atoms with Gasteiger partial charge in [-0.3, -0.25) is 0 Å². The van der Waals surface area contributed by atoms with Crippen LogP contribution in [0.25, 0.3) is 22.0 Å². The number of nitrogens with zero attached hydrogens (tertiary/aromatic N) is 2. The largest absolute Gasteiger partial charge is 0.487 e. The molecule has 1 aromatic heterocycles. The van der Waals surface area contributed by atoms with Crippen molar-refractivity contribution < 1.29 is 9.13 Å². The summed E-state index contributed by atoms with van der Waals surface area (Å²) in [6, 6.07) is 6.75. The van der Waals surface area contributed by atoms with E-state index in [9.17, 15) is 4.39 Å². The lowest BCUT2D eigenvalue weighted by Crippen LogP contribution is -2.24. The number of aryl methyl sites for hydroxylation is 1. The first kappa shape index (κ1) is 15.6. The number of hydrogen-bond donors (Lipinski definition) is 2. The van der Waals surface area contributed by atoms with Crippen LogP contribution in [0.2, 0.25) is 0 Å². The molecule has 4 N–H and O–H groups in total. The molecule has 2 aromatic carbocycles. The van der Waals surface area contributed by atoms with E-state index in [1.807, 2.05) is 32.9 Å². The molecule has 128 valence electrons. The molecule has 6 heteroatoms. The van der Waals surface area contributed by atoms with Gasteiger partial charge in [-0.25, -0.2) is 9.37 Å². The van der Waals surface area contributed by atoms with Gasteiger partial charge in [-0.1, -0.05) is 6.07 Å². The molecule has 1 aliphatic heterocycles. The topological polar surface area (TPSA) is 87.0 Å². The lowest BCUT2D eigenvalue weighted by Gasteiger charge is -2.16. The minimum Gasteiger partial charge on any atom is -0.487 e. The number of aromatic nitrogens is 2. The maximum atomic E-state index is 14.2. The van der Waals surface area contributed by atoms with Crippen LogP contribution >= 0.6 is 0 Å². The molecule has 4 rings (SSSR count). The summed E-state index contributed by atoms with van der Waals surface area (Å²) < 4.78 is 20.1. The smallest absolute Gasteiger partial charge is 0.222 e. The Labute approximate surface area is 144 Å². The van der Waals surface area contributed by atoms with E-state index < -0.39 is 0 Å². The third-order valence-electron chi connectivity index (χ3n) is 4.62. The Kier molecular flexibility index (Phi) is 3.16. The van der Waals surface area contributed by atoms with Gasteiger partial charge >= 0.3 is 0 Å². The van der Waals surface area contributed by atoms with Crippen molar-refractivity contribution in [3.8, 4) is 16.9 Å². The molecule has 0 unspecified atom stereocenters. The van der Waals surface area contributed by atoms with Crippen molar-refractivity contribution in [2.24, 2.45) is 0 Å². The fraction of sp³-hybridized carbons (Fsp3) is 0.263. The van der Waals surface area contributed by atoms with Crippen LogP contribution in [-0.2, 0) is 6.42 Å². The molecule has 0 aliphatic carbocycles. The van der Waals surface area contributed by atoms with Crippen molar-refractivity contribution in [3.63, 3.8) is 0 Å². The SMILES string of the molecule is Cc1c(-c2cc(F)cc3c2CC(C)(C)O3)ccc2nc(N)nc(N)c12. The van der Waals surface area contributed by atoms with Crippen molar-refractivity contribution in [3.05, 3.63) is 41.2 Å². The third-order valence-corrected chi connectivity index (χ3v) is 4.62. The van der Waals surface area contributed by atoms with E-state index >= 15 is 0 Å². The summed E-state index contributed by atoms with van der Waals surface area (Å²) >= 11 is 0. The summed E-state index contributed by atoms with van der Waals surface area (Å²) in [6.45, 7) is 5.93. The van der Waals surface area contributed by atoms with Crippen molar-refractivity contribution in [1.82, 2.24) is 9.97 Å². The number of nitrogen functional groups attached to an aromatic ring is 2. The highest BCUT2D eigenvalue weighted by molar-refractivity contribution is 5.97. The van der Waals surface area contributed by atoms with E-state index in [4.69, 9.17) is 16.2 Å². The van der Waals surface area contributed by atoms with E-state index in [2.05, 4.69) is 9.97 Å². The van der Waals surface area contributed by atoms with E-state index in [1.54, 1.807) is 6.07 Å². The molecule has 0 saturated carbocycles. The maximum absolute atomic E-state index is 14.2. The monoisotopic (exact) mass is 338 g/mol. The number of halogens is 1. The van der Waals surface area contributed by atoms with Gasteiger partial charge in [0.15, 0.2) is 0 Å². The third kappa shape index (κ3) is 2.45. The van der Waals surface area contributed by atoms with Crippen LogP contribution in [0.5, 0.6) is 5.75 Å². The molecule has 3 aromatic rings. The second kappa shape index (κ2) is 5.05. The summed E-state index contributed by atoms with van der Waals surface area (Å²) in [5.41, 5.74) is 15.7. The normalized spacial score (nSPS) is 15.2. The molecule has 0 amide bonds. The highest BCUT2D eigenvalue weighted by Crippen LogP contribution is 2.43. The second-order valence-electron chi connectivity index (χ2n) is 7.07. The van der Waals surface area contributed by atoms with Crippen molar-refractivity contribution in [1.29, 1.82) is 0 Å². The first-order chi connectivity index (χ1) is 11.7. The Morgan fingerprint density at radius 1 is 1.12 bits per heavy atom. The molecule has 1 aliphatic rings. The minimum atomic E-state index is -0.355. The summed E-state index contributed by atoms with van der Waals surface area (Å²) in [4.78, 5) is 8.29. The van der Waals surface area contributed by atoms with Gasteiger partial charge in [0.05, 0.1) is 5.52 Å². The van der Waals surface area contributed by atoms with Crippen molar-refractivity contribution >= 4 is 22.7 Å². The standard InChI is InChI=1S/C19H19FN4O/c1-9-11(4-5-14-16(9)17(21)24-18(22)23-14)12-6-10(20)7-15-13(12)8-19(2,3)25-15/h4-7H,8H2,1-3H3,(H4,21,22,23,24). The molecule has 0 spiro atoms. The zero-order chi connectivity index (χ0) is 17.9. The minimum absolute atomic E-state index is 0.138. The average Bonchev–Trinajstić information content (AvgIpc) is 2.80. The predicted molar refractivity (Wildman–Crippen MR) is 96.9 cm³/mol. The zero-order valence-corrected chi connectivity index (χ0v) is 14.4. The van der Waals surface area contributed by atoms with Crippen molar-refractivity contribution in [2.75, 3.05) is 11.5 Å². The van der Waals surface area contributed by atoms with Crippen LogP contribution in [0.3, 0.4) is 0 Å². The van der Waals surface area contributed by atoms with Gasteiger partial charge < -0.3 is 16.2 Å². The first-order valence-corrected chi connectivity index (χ1v) is 8.09. The van der Waals surface area contributed by atoms with Gasteiger partial charge in [0.2, 0.25) is 5.95 Å². The number of anilines is 2. The number of fused-ring (bicyclic) bond motifs is 2. The molecule has 2 heterocycles. The number of rotatable bonds is 1. The quantitative estimate of drug-likeness (QED) is 0.707. The van der Waals surface area contributed by atoms with Gasteiger partial charge in [-0.2, -0.15) is 4.98 Å². The Hall–Kier alpha value is -2.89. The molecular weight excluding hydrogens is 319 g/mol. The van der Waals surface area contributed by atoms with Gasteiger partial charge in [-0.15, -0.1) is 0 Å². The van der Waals surface area contributed by atoms with E-state index in [0.717, 1.165) is 27.6 Å². The Morgan fingerprint density at radius 3 is 2.64 bits per heavy atom. The van der Waals surface area contributed by atoms with Gasteiger partial charge in [0.25, 0.3) is 0 Å². The van der Waals surface area contributed by atoms with Gasteiger partial charge in [-0.05, 0) is 49.6 Å². The van der Waals surface area contributed by atoms with Crippen LogP contribution in [0.15, 0.2) is 24.3 Å². The Bertz CT molecular complexity index is 1030. The van der Waals surface area contributed by atoms with Crippen molar-refractivity contribution in [2.45, 2.75) is 32.8 Å². The summed E-state index contributed by atoms with van der Waals surface area (Å²) in [5.74, 6) is 0.735. The average molecular weight is 338 g/mol. The molecule has 0 radical (unpaired) electrons. The highest BCUT2D eigenvalue weighted by Gasteiger charge is 2.33. The van der Waals surface area contributed by atoms with Crippen LogP contribution in [0.1, 0.15) is 25.0 Å². The molecule has 0 saturated heterocycles. The van der Waals surface area contributed by atoms with Crippen LogP contribution in [0, 0.1) is 12.7 Å². The molecule has 25 heavy (non-hydrogen) atoms. The summed E-state index contributed by atoms with van der Waals surface area (Å²) in [7, 11) is 0. The lowest BCUT2D eigenvalue weighted by atomic mass is 9.90. The van der Waals surface area contributed by atoms with Crippen LogP contribution in [0.4, 0.5) is 16.2 Å². The van der Waals surface area contributed by atoms with E-state index in [0.29, 0.717) is 23.5 Å². The molecule has 0 bridgehead atoms. The van der Waals surface area contributed by atoms with E-state index in [-0.39, 0.29) is 17.4 Å². The van der Waals surface area contributed by atoms with Crippen LogP contribution < -0.4 is 16.2 Å². The predicted octanol–water partition coefficient (Wildman–Crippen LogP) is 3.62. The Balaban J connectivity index is 2.00. The van der Waals surface area contributed by atoms with Gasteiger partial charge in [0.1, 0.15) is 23.0 Å². The molecule has 5 nitrogen and oxygen atoms in total. The highest BCUT2D eigenvalue weighted by atomic mass is 19.1. The molecular formula is C19H19FN4O. The first-order valence-electron chi connectivity index (χ1n) is 8.09. The maximum Gasteiger partial charge on any atom is 0.222 e. The number of benzene rings is 2. The summed E-state index contributed by atoms with van der Waals surface area (Å²) in [6.07, 6.45) is 0.711. The number of nitrogens with two attached hydrogens (primary N) is 2. The number of hydrogen-bond acceptors (Lipinski definition) is 5. The molecule has 0 fully saturated rings. The lowest BCUT2D eigenvalue weighted by molar-refractivity contribution is 0.138.